The third-order valence-corrected chi connectivity index (χ3v) is 4.07. The van der Waals surface area contributed by atoms with Crippen LogP contribution in [0.5, 0.6) is 5.75 Å². The summed E-state index contributed by atoms with van der Waals surface area (Å²) in [6.07, 6.45) is 1.81. The van der Waals surface area contributed by atoms with Crippen LogP contribution < -0.4 is 15.4 Å². The van der Waals surface area contributed by atoms with E-state index < -0.39 is 11.8 Å². The van der Waals surface area contributed by atoms with E-state index in [0.29, 0.717) is 10.7 Å². The minimum atomic E-state index is -0.465. The van der Waals surface area contributed by atoms with E-state index in [9.17, 15) is 9.18 Å². The molecule has 1 atom stereocenters. The summed E-state index contributed by atoms with van der Waals surface area (Å²) in [5, 5.41) is 14.6. The molecule has 124 valence electrons. The first-order valence-electron chi connectivity index (χ1n) is 7.26. The molecule has 0 aliphatic carbocycles. The molecule has 2 rings (SSSR count). The first-order chi connectivity index (χ1) is 11.0. The predicted molar refractivity (Wildman–Crippen MR) is 87.4 cm³/mol. The topological polar surface area (TPSA) is 76.1 Å². The Morgan fingerprint density at radius 2 is 2.22 bits per heavy atom. The highest BCUT2D eigenvalue weighted by Crippen LogP contribution is 2.22. The summed E-state index contributed by atoms with van der Waals surface area (Å²) in [7, 11) is 1.40. The normalized spacial score (nSPS) is 11.8. The van der Waals surface area contributed by atoms with Crippen LogP contribution in [0, 0.1) is 5.82 Å². The number of aryl methyl sites for hydroxylation is 1. The van der Waals surface area contributed by atoms with E-state index in [1.807, 2.05) is 0 Å². The summed E-state index contributed by atoms with van der Waals surface area (Å²) in [4.78, 5) is 12.0. The third-order valence-electron chi connectivity index (χ3n) is 3.17. The first kappa shape index (κ1) is 17.1. The van der Waals surface area contributed by atoms with Crippen molar-refractivity contribution >= 4 is 22.5 Å². The number of ether oxygens (including phenoxy) is 1. The van der Waals surface area contributed by atoms with E-state index in [-0.39, 0.29) is 11.8 Å². The number of amides is 2. The van der Waals surface area contributed by atoms with E-state index in [1.54, 1.807) is 13.0 Å². The summed E-state index contributed by atoms with van der Waals surface area (Å²) in [6, 6.07) is 3.81. The second-order valence-corrected chi connectivity index (χ2v) is 6.03. The smallest absolute Gasteiger partial charge is 0.321 e. The maximum absolute atomic E-state index is 13.7. The predicted octanol–water partition coefficient (Wildman–Crippen LogP) is 3.52. The molecule has 0 aliphatic heterocycles. The minimum Gasteiger partial charge on any atom is -0.494 e. The van der Waals surface area contributed by atoms with Gasteiger partial charge in [0.25, 0.3) is 0 Å². The van der Waals surface area contributed by atoms with Gasteiger partial charge in [0, 0.05) is 6.42 Å². The highest BCUT2D eigenvalue weighted by atomic mass is 32.1. The van der Waals surface area contributed by atoms with Crippen LogP contribution in [-0.4, -0.2) is 23.3 Å². The zero-order valence-electron chi connectivity index (χ0n) is 13.2. The molecule has 0 radical (unpaired) electrons. The largest absolute Gasteiger partial charge is 0.494 e. The number of hydrogen-bond acceptors (Lipinski definition) is 5. The number of carbonyl (C=O) groups is 1. The van der Waals surface area contributed by atoms with Crippen molar-refractivity contribution in [2.24, 2.45) is 0 Å². The Morgan fingerprint density at radius 1 is 1.43 bits per heavy atom. The van der Waals surface area contributed by atoms with Gasteiger partial charge in [0.1, 0.15) is 5.01 Å². The monoisotopic (exact) mass is 338 g/mol. The average Bonchev–Trinajstić information content (AvgIpc) is 2.94. The minimum absolute atomic E-state index is 0.169. The first-order valence-corrected chi connectivity index (χ1v) is 8.08. The fraction of sp³-hybridized carbons (Fsp3) is 0.400. The Hall–Kier alpha value is -2.22. The van der Waals surface area contributed by atoms with Gasteiger partial charge in [-0.05, 0) is 31.0 Å². The van der Waals surface area contributed by atoms with Gasteiger partial charge in [-0.15, -0.1) is 10.2 Å². The lowest BCUT2D eigenvalue weighted by Crippen LogP contribution is -2.31. The lowest BCUT2D eigenvalue weighted by molar-refractivity contribution is 0.249. The van der Waals surface area contributed by atoms with Crippen LogP contribution in [0.1, 0.15) is 36.9 Å². The van der Waals surface area contributed by atoms with Crippen LogP contribution in [0.2, 0.25) is 0 Å². The zero-order chi connectivity index (χ0) is 16.8. The van der Waals surface area contributed by atoms with Gasteiger partial charge in [-0.3, -0.25) is 5.32 Å². The molecule has 8 heteroatoms. The third kappa shape index (κ3) is 4.62. The van der Waals surface area contributed by atoms with Gasteiger partial charge in [-0.2, -0.15) is 0 Å². The van der Waals surface area contributed by atoms with Crippen molar-refractivity contribution in [1.29, 1.82) is 0 Å². The molecule has 23 heavy (non-hydrogen) atoms. The molecule has 0 bridgehead atoms. The molecule has 6 nitrogen and oxygen atoms in total. The summed E-state index contributed by atoms with van der Waals surface area (Å²) in [5.74, 6) is -0.296. The summed E-state index contributed by atoms with van der Waals surface area (Å²) >= 11 is 1.35. The van der Waals surface area contributed by atoms with Crippen LogP contribution in [0.15, 0.2) is 18.2 Å². The number of nitrogens with one attached hydrogen (secondary N) is 2. The number of carbonyl (C=O) groups excluding carboxylic acids is 1. The summed E-state index contributed by atoms with van der Waals surface area (Å²) in [5.41, 5.74) is 0.641. The molecule has 1 unspecified atom stereocenters. The molecule has 2 amide bonds. The van der Waals surface area contributed by atoms with E-state index in [4.69, 9.17) is 4.74 Å². The van der Waals surface area contributed by atoms with Crippen molar-refractivity contribution in [2.45, 2.75) is 32.7 Å². The van der Waals surface area contributed by atoms with Crippen molar-refractivity contribution in [3.8, 4) is 5.75 Å². The molecule has 0 aliphatic rings. The number of benzene rings is 1. The number of methoxy groups -OCH3 is 1. The Kier molecular flexibility index (Phi) is 5.86. The summed E-state index contributed by atoms with van der Waals surface area (Å²) < 4.78 is 18.6. The van der Waals surface area contributed by atoms with Gasteiger partial charge >= 0.3 is 6.03 Å². The quantitative estimate of drug-likeness (QED) is 0.845. The molecule has 0 saturated carbocycles. The van der Waals surface area contributed by atoms with Gasteiger partial charge in [-0.25, -0.2) is 9.18 Å². The average molecular weight is 338 g/mol. The molecule has 2 N–H and O–H groups in total. The Bertz CT molecular complexity index is 677. The van der Waals surface area contributed by atoms with Crippen LogP contribution in [0.4, 0.5) is 14.3 Å². The summed E-state index contributed by atoms with van der Waals surface area (Å²) in [6.45, 7) is 3.82. The number of nitrogens with zero attached hydrogens (tertiary/aromatic N) is 2. The SMILES string of the molecule is CCCc1nnc(NC(=O)NC(C)c2ccc(OC)c(F)c2)s1. The van der Waals surface area contributed by atoms with Crippen LogP contribution in [-0.2, 0) is 6.42 Å². The number of halogens is 1. The second-order valence-electron chi connectivity index (χ2n) is 4.97. The van der Waals surface area contributed by atoms with Gasteiger partial charge < -0.3 is 10.1 Å². The highest BCUT2D eigenvalue weighted by Gasteiger charge is 2.13. The van der Waals surface area contributed by atoms with Gasteiger partial charge in [0.05, 0.1) is 13.2 Å². The zero-order valence-corrected chi connectivity index (χ0v) is 14.0. The van der Waals surface area contributed by atoms with Gasteiger partial charge in [-0.1, -0.05) is 24.3 Å². The van der Waals surface area contributed by atoms with Crippen LogP contribution in [0.25, 0.3) is 0 Å². The van der Waals surface area contributed by atoms with Crippen LogP contribution in [0.3, 0.4) is 0 Å². The highest BCUT2D eigenvalue weighted by molar-refractivity contribution is 7.15. The van der Waals surface area contributed by atoms with Crippen molar-refractivity contribution in [3.05, 3.63) is 34.6 Å². The maximum Gasteiger partial charge on any atom is 0.321 e. The van der Waals surface area contributed by atoms with Crippen molar-refractivity contribution in [2.75, 3.05) is 12.4 Å². The number of anilines is 1. The molecule has 2 aromatic rings. The lowest BCUT2D eigenvalue weighted by atomic mass is 10.1. The second kappa shape index (κ2) is 7.87. The maximum atomic E-state index is 13.7. The molecule has 0 saturated heterocycles. The van der Waals surface area contributed by atoms with Crippen molar-refractivity contribution in [3.63, 3.8) is 0 Å². The molecular formula is C15H19FN4O2S. The van der Waals surface area contributed by atoms with Crippen molar-refractivity contribution in [1.82, 2.24) is 15.5 Å². The number of rotatable bonds is 6. The molecule has 0 spiro atoms. The van der Waals surface area contributed by atoms with Crippen LogP contribution >= 0.6 is 11.3 Å². The Balaban J connectivity index is 1.94. The van der Waals surface area contributed by atoms with E-state index in [1.165, 1.54) is 30.6 Å². The van der Waals surface area contributed by atoms with E-state index >= 15 is 0 Å². The number of aromatic nitrogens is 2. The van der Waals surface area contributed by atoms with Gasteiger partial charge in [0.15, 0.2) is 11.6 Å². The molecular weight excluding hydrogens is 319 g/mol. The van der Waals surface area contributed by atoms with E-state index in [0.717, 1.165) is 17.8 Å². The molecule has 1 aromatic heterocycles. The number of urea groups is 1. The van der Waals surface area contributed by atoms with Gasteiger partial charge in [0.2, 0.25) is 5.13 Å². The number of hydrogen-bond donors (Lipinski definition) is 2. The standard InChI is InChI=1S/C15H19FN4O2S/c1-4-5-13-19-20-15(23-13)18-14(21)17-9(2)10-6-7-12(22-3)11(16)8-10/h6-9H,4-5H2,1-3H3,(H2,17,18,20,21). The fourth-order valence-electron chi connectivity index (χ4n) is 1.98. The molecule has 1 heterocycles. The molecule has 0 fully saturated rings. The van der Waals surface area contributed by atoms with Crippen molar-refractivity contribution < 1.29 is 13.9 Å². The fourth-order valence-corrected chi connectivity index (χ4v) is 2.82. The van der Waals surface area contributed by atoms with E-state index in [2.05, 4.69) is 27.8 Å². The Morgan fingerprint density at radius 3 is 2.87 bits per heavy atom. The molecule has 1 aromatic carbocycles. The Labute approximate surface area is 138 Å². The lowest BCUT2D eigenvalue weighted by Gasteiger charge is -2.15.